The average molecular weight is 305 g/mol. The molecule has 0 aliphatic heterocycles. The Hall–Kier alpha value is -1.19. The highest BCUT2D eigenvalue weighted by molar-refractivity contribution is 6.31. The fourth-order valence-corrected chi connectivity index (χ4v) is 2.20. The maximum atomic E-state index is 13.1. The van der Waals surface area contributed by atoms with Crippen molar-refractivity contribution < 1.29 is 13.2 Å². The molecule has 0 spiro atoms. The second kappa shape index (κ2) is 5.85. The minimum absolute atomic E-state index is 0.0200. The molecule has 0 fully saturated rings. The third-order valence-corrected chi connectivity index (χ3v) is 3.40. The molecule has 5 heteroatoms. The topological polar surface area (TPSA) is 0 Å². The van der Waals surface area contributed by atoms with Crippen molar-refractivity contribution in [3.63, 3.8) is 0 Å². The van der Waals surface area contributed by atoms with Crippen LogP contribution in [-0.2, 0) is 6.42 Å². The van der Waals surface area contributed by atoms with Crippen LogP contribution in [0, 0.1) is 17.5 Å². The normalized spacial score (nSPS) is 12.5. The van der Waals surface area contributed by atoms with Crippen LogP contribution in [0.4, 0.5) is 13.2 Å². The number of rotatable bonds is 3. The van der Waals surface area contributed by atoms with Gasteiger partial charge in [0.1, 0.15) is 5.82 Å². The summed E-state index contributed by atoms with van der Waals surface area (Å²) in [6.45, 7) is 0. The molecule has 2 aromatic rings. The van der Waals surface area contributed by atoms with Crippen LogP contribution in [0.5, 0.6) is 0 Å². The molecular weight excluding hydrogens is 296 g/mol. The maximum absolute atomic E-state index is 13.1. The van der Waals surface area contributed by atoms with Crippen molar-refractivity contribution in [2.24, 2.45) is 0 Å². The van der Waals surface area contributed by atoms with Crippen LogP contribution >= 0.6 is 23.2 Å². The van der Waals surface area contributed by atoms with Crippen LogP contribution in [0.3, 0.4) is 0 Å². The fourth-order valence-electron chi connectivity index (χ4n) is 1.70. The highest BCUT2D eigenvalue weighted by Crippen LogP contribution is 2.28. The molecule has 1 unspecified atom stereocenters. The summed E-state index contributed by atoms with van der Waals surface area (Å²) in [6.07, 6.45) is 0.292. The van der Waals surface area contributed by atoms with Gasteiger partial charge in [-0.2, -0.15) is 0 Å². The SMILES string of the molecule is Fc1ccc(CC(Cl)c2ccc(F)c(Cl)c2)cc1F. The molecule has 19 heavy (non-hydrogen) atoms. The summed E-state index contributed by atoms with van der Waals surface area (Å²) in [6, 6.07) is 7.76. The Bertz CT molecular complexity index is 599. The van der Waals surface area contributed by atoms with Gasteiger partial charge in [0.25, 0.3) is 0 Å². The summed E-state index contributed by atoms with van der Waals surface area (Å²) in [5, 5.41) is -0.517. The van der Waals surface area contributed by atoms with Gasteiger partial charge in [-0.05, 0) is 41.8 Å². The van der Waals surface area contributed by atoms with Crippen LogP contribution in [0.1, 0.15) is 16.5 Å². The van der Waals surface area contributed by atoms with Gasteiger partial charge in [-0.3, -0.25) is 0 Å². The Morgan fingerprint density at radius 2 is 1.58 bits per heavy atom. The van der Waals surface area contributed by atoms with Crippen molar-refractivity contribution in [1.29, 1.82) is 0 Å². The number of benzene rings is 2. The first-order chi connectivity index (χ1) is 8.97. The predicted molar refractivity (Wildman–Crippen MR) is 70.1 cm³/mol. The monoisotopic (exact) mass is 304 g/mol. The van der Waals surface area contributed by atoms with Crippen molar-refractivity contribution >= 4 is 23.2 Å². The second-order valence-corrected chi connectivity index (χ2v) is 5.03. The fraction of sp³-hybridized carbons (Fsp3) is 0.143. The highest BCUT2D eigenvalue weighted by Gasteiger charge is 2.12. The van der Waals surface area contributed by atoms with Gasteiger partial charge in [0.05, 0.1) is 10.4 Å². The standard InChI is InChI=1S/C14H9Cl2F3/c15-10(9-2-4-12(17)11(16)7-9)5-8-1-3-13(18)14(19)6-8/h1-4,6-7,10H,5H2. The molecule has 0 N–H and O–H groups in total. The van der Waals surface area contributed by atoms with Gasteiger partial charge in [-0.1, -0.05) is 23.7 Å². The molecule has 1 atom stereocenters. The smallest absolute Gasteiger partial charge is 0.159 e. The Morgan fingerprint density at radius 3 is 2.21 bits per heavy atom. The van der Waals surface area contributed by atoms with Gasteiger partial charge >= 0.3 is 0 Å². The van der Waals surface area contributed by atoms with E-state index in [1.165, 1.54) is 24.3 Å². The molecule has 0 saturated heterocycles. The van der Waals surface area contributed by atoms with Crippen molar-refractivity contribution in [3.8, 4) is 0 Å². The third kappa shape index (κ3) is 3.43. The minimum atomic E-state index is -0.918. The molecular formula is C14H9Cl2F3. The van der Waals surface area contributed by atoms with Crippen LogP contribution in [-0.4, -0.2) is 0 Å². The molecule has 100 valence electrons. The first-order valence-electron chi connectivity index (χ1n) is 5.50. The molecule has 0 bridgehead atoms. The van der Waals surface area contributed by atoms with Gasteiger partial charge < -0.3 is 0 Å². The molecule has 0 radical (unpaired) electrons. The van der Waals surface area contributed by atoms with E-state index in [0.29, 0.717) is 17.5 Å². The second-order valence-electron chi connectivity index (χ2n) is 4.09. The first kappa shape index (κ1) is 14.2. The van der Waals surface area contributed by atoms with E-state index >= 15 is 0 Å². The van der Waals surface area contributed by atoms with E-state index in [1.54, 1.807) is 0 Å². The molecule has 2 aromatic carbocycles. The van der Waals surface area contributed by atoms with E-state index in [9.17, 15) is 13.2 Å². The predicted octanol–water partition coefficient (Wildman–Crippen LogP) is 5.28. The summed E-state index contributed by atoms with van der Waals surface area (Å²) in [5.74, 6) is -2.35. The van der Waals surface area contributed by atoms with Crippen molar-refractivity contribution in [3.05, 3.63) is 70.0 Å². The van der Waals surface area contributed by atoms with Crippen LogP contribution < -0.4 is 0 Å². The van der Waals surface area contributed by atoms with Crippen LogP contribution in [0.15, 0.2) is 36.4 Å². The zero-order chi connectivity index (χ0) is 14.0. The highest BCUT2D eigenvalue weighted by atomic mass is 35.5. The molecule has 0 nitrogen and oxygen atoms in total. The van der Waals surface area contributed by atoms with Gasteiger partial charge in [0.2, 0.25) is 0 Å². The summed E-state index contributed by atoms with van der Waals surface area (Å²) in [4.78, 5) is 0. The Kier molecular flexibility index (Phi) is 4.38. The lowest BCUT2D eigenvalue weighted by molar-refractivity contribution is 0.507. The quantitative estimate of drug-likeness (QED) is 0.677. The molecule has 0 aliphatic rings. The molecule has 0 aliphatic carbocycles. The molecule has 0 heterocycles. The lowest BCUT2D eigenvalue weighted by Gasteiger charge is -2.11. The maximum Gasteiger partial charge on any atom is 0.159 e. The number of halogens is 5. The Morgan fingerprint density at radius 1 is 0.895 bits per heavy atom. The average Bonchev–Trinajstić information content (AvgIpc) is 2.37. The van der Waals surface area contributed by atoms with E-state index in [1.807, 2.05) is 0 Å². The van der Waals surface area contributed by atoms with E-state index in [4.69, 9.17) is 23.2 Å². The van der Waals surface area contributed by atoms with Gasteiger partial charge in [0, 0.05) is 0 Å². The van der Waals surface area contributed by atoms with E-state index in [2.05, 4.69) is 0 Å². The van der Waals surface area contributed by atoms with Gasteiger partial charge in [-0.25, -0.2) is 13.2 Å². The largest absolute Gasteiger partial charge is 0.205 e. The summed E-state index contributed by atoms with van der Waals surface area (Å²) in [5.41, 5.74) is 1.18. The van der Waals surface area contributed by atoms with Gasteiger partial charge in [-0.15, -0.1) is 11.6 Å². The zero-order valence-corrected chi connectivity index (χ0v) is 11.2. The summed E-state index contributed by atoms with van der Waals surface area (Å²) in [7, 11) is 0. The number of hydrogen-bond acceptors (Lipinski definition) is 0. The van der Waals surface area contributed by atoms with Crippen molar-refractivity contribution in [2.45, 2.75) is 11.8 Å². The zero-order valence-electron chi connectivity index (χ0n) is 9.64. The number of hydrogen-bond donors (Lipinski definition) is 0. The lowest BCUT2D eigenvalue weighted by atomic mass is 10.0. The molecule has 2 rings (SSSR count). The van der Waals surface area contributed by atoms with Crippen LogP contribution in [0.2, 0.25) is 5.02 Å². The lowest BCUT2D eigenvalue weighted by Crippen LogP contribution is -1.98. The van der Waals surface area contributed by atoms with Crippen molar-refractivity contribution in [2.75, 3.05) is 0 Å². The minimum Gasteiger partial charge on any atom is -0.205 e. The van der Waals surface area contributed by atoms with E-state index < -0.39 is 22.8 Å². The molecule has 0 amide bonds. The number of alkyl halides is 1. The molecule has 0 saturated carbocycles. The van der Waals surface area contributed by atoms with E-state index in [0.717, 1.165) is 12.1 Å². The summed E-state index contributed by atoms with van der Waals surface area (Å²) < 4.78 is 38.9. The Labute approximate surface area is 118 Å². The Balaban J connectivity index is 2.17. The van der Waals surface area contributed by atoms with E-state index in [-0.39, 0.29) is 5.02 Å². The third-order valence-electron chi connectivity index (χ3n) is 2.70. The summed E-state index contributed by atoms with van der Waals surface area (Å²) >= 11 is 11.8. The van der Waals surface area contributed by atoms with Crippen LogP contribution in [0.25, 0.3) is 0 Å². The van der Waals surface area contributed by atoms with Crippen molar-refractivity contribution in [1.82, 2.24) is 0 Å². The molecule has 0 aromatic heterocycles. The first-order valence-corrected chi connectivity index (χ1v) is 6.32. The van der Waals surface area contributed by atoms with Gasteiger partial charge in [0.15, 0.2) is 11.6 Å².